The Hall–Kier alpha value is -0.900. The lowest BCUT2D eigenvalue weighted by atomic mass is 10.0. The fourth-order valence-corrected chi connectivity index (χ4v) is 2.01. The van der Waals surface area contributed by atoms with Crippen molar-refractivity contribution in [3.8, 4) is 0 Å². The Bertz CT molecular complexity index is 289. The second-order valence-electron chi connectivity index (χ2n) is 6.51. The van der Waals surface area contributed by atoms with Gasteiger partial charge in [-0.3, -0.25) is 9.59 Å². The number of ketones is 1. The lowest BCUT2D eigenvalue weighted by molar-refractivity contribution is -0.122. The molecular formula is C17H34N2O2. The van der Waals surface area contributed by atoms with Gasteiger partial charge in [-0.25, -0.2) is 0 Å². The van der Waals surface area contributed by atoms with Crippen molar-refractivity contribution in [3.05, 3.63) is 0 Å². The molecule has 2 N–H and O–H groups in total. The largest absolute Gasteiger partial charge is 0.355 e. The third-order valence-corrected chi connectivity index (χ3v) is 3.40. The van der Waals surface area contributed by atoms with Gasteiger partial charge < -0.3 is 10.6 Å². The number of rotatable bonds is 13. The molecule has 0 bridgehead atoms. The maximum absolute atomic E-state index is 11.5. The van der Waals surface area contributed by atoms with Crippen LogP contribution in [0, 0.1) is 11.8 Å². The van der Waals surface area contributed by atoms with Crippen LogP contribution in [0.2, 0.25) is 0 Å². The summed E-state index contributed by atoms with van der Waals surface area (Å²) in [6.45, 7) is 10.2. The highest BCUT2D eigenvalue weighted by atomic mass is 16.2. The molecule has 0 aromatic carbocycles. The standard InChI is InChI=1S/C17H34N2O2/c1-14(2)12-18-13-17(21)19-11-9-7-5-6-8-10-16(20)15(3)4/h14-15,18H,5-13H2,1-4H3,(H,19,21). The third-order valence-electron chi connectivity index (χ3n) is 3.40. The monoisotopic (exact) mass is 298 g/mol. The van der Waals surface area contributed by atoms with Crippen LogP contribution in [0.3, 0.4) is 0 Å². The summed E-state index contributed by atoms with van der Waals surface area (Å²) < 4.78 is 0. The van der Waals surface area contributed by atoms with Gasteiger partial charge in [-0.2, -0.15) is 0 Å². The van der Waals surface area contributed by atoms with Gasteiger partial charge in [-0.1, -0.05) is 47.0 Å². The minimum atomic E-state index is 0.0816. The first-order valence-corrected chi connectivity index (χ1v) is 8.43. The first kappa shape index (κ1) is 20.1. The molecule has 0 heterocycles. The van der Waals surface area contributed by atoms with Crippen molar-refractivity contribution in [2.45, 2.75) is 66.2 Å². The third kappa shape index (κ3) is 13.8. The van der Waals surface area contributed by atoms with Gasteiger partial charge in [0.1, 0.15) is 5.78 Å². The molecule has 4 nitrogen and oxygen atoms in total. The van der Waals surface area contributed by atoms with Gasteiger partial charge in [0.05, 0.1) is 6.54 Å². The normalized spacial score (nSPS) is 11.1. The highest BCUT2D eigenvalue weighted by molar-refractivity contribution is 5.80. The maximum Gasteiger partial charge on any atom is 0.233 e. The molecule has 0 aliphatic heterocycles. The Kier molecular flexibility index (Phi) is 12.3. The van der Waals surface area contributed by atoms with Gasteiger partial charge in [-0.05, 0) is 25.3 Å². The van der Waals surface area contributed by atoms with Gasteiger partial charge in [0, 0.05) is 18.9 Å². The average Bonchev–Trinajstić information content (AvgIpc) is 2.40. The lowest BCUT2D eigenvalue weighted by Gasteiger charge is -2.08. The molecule has 4 heteroatoms. The number of carbonyl (C=O) groups is 2. The second-order valence-corrected chi connectivity index (χ2v) is 6.51. The number of nitrogens with one attached hydrogen (secondary N) is 2. The predicted molar refractivity (Wildman–Crippen MR) is 88.3 cm³/mol. The quantitative estimate of drug-likeness (QED) is 0.514. The highest BCUT2D eigenvalue weighted by Crippen LogP contribution is 2.08. The van der Waals surface area contributed by atoms with Crippen LogP contribution in [-0.2, 0) is 9.59 Å². The van der Waals surface area contributed by atoms with Crippen LogP contribution in [0.1, 0.15) is 66.2 Å². The van der Waals surface area contributed by atoms with E-state index in [0.29, 0.717) is 18.2 Å². The summed E-state index contributed by atoms with van der Waals surface area (Å²) in [6, 6.07) is 0. The molecular weight excluding hydrogens is 264 g/mol. The molecule has 0 radical (unpaired) electrons. The van der Waals surface area contributed by atoms with Crippen LogP contribution in [-0.4, -0.2) is 31.3 Å². The van der Waals surface area contributed by atoms with Gasteiger partial charge >= 0.3 is 0 Å². The topological polar surface area (TPSA) is 58.2 Å². The van der Waals surface area contributed by atoms with E-state index in [-0.39, 0.29) is 11.8 Å². The molecule has 0 aliphatic carbocycles. The van der Waals surface area contributed by atoms with Crippen molar-refractivity contribution in [2.24, 2.45) is 11.8 Å². The smallest absolute Gasteiger partial charge is 0.233 e. The Labute approximate surface area is 130 Å². The number of unbranched alkanes of at least 4 members (excludes halogenated alkanes) is 4. The van der Waals surface area contributed by atoms with Crippen molar-refractivity contribution in [3.63, 3.8) is 0 Å². The first-order valence-electron chi connectivity index (χ1n) is 8.43. The summed E-state index contributed by atoms with van der Waals surface area (Å²) in [7, 11) is 0. The summed E-state index contributed by atoms with van der Waals surface area (Å²) in [5.41, 5.74) is 0. The van der Waals surface area contributed by atoms with E-state index < -0.39 is 0 Å². The van der Waals surface area contributed by atoms with E-state index in [4.69, 9.17) is 0 Å². The summed E-state index contributed by atoms with van der Waals surface area (Å²) in [4.78, 5) is 22.9. The first-order chi connectivity index (χ1) is 9.93. The van der Waals surface area contributed by atoms with Crippen LogP contribution < -0.4 is 10.6 Å². The lowest BCUT2D eigenvalue weighted by Crippen LogP contribution is -2.35. The highest BCUT2D eigenvalue weighted by Gasteiger charge is 2.05. The fraction of sp³-hybridized carbons (Fsp3) is 0.882. The molecule has 21 heavy (non-hydrogen) atoms. The Balaban J connectivity index is 3.28. The molecule has 0 rings (SSSR count). The molecule has 0 saturated carbocycles. The van der Waals surface area contributed by atoms with E-state index in [1.165, 1.54) is 0 Å². The molecule has 0 unspecified atom stereocenters. The van der Waals surface area contributed by atoms with E-state index >= 15 is 0 Å². The van der Waals surface area contributed by atoms with E-state index in [1.807, 2.05) is 13.8 Å². The summed E-state index contributed by atoms with van der Waals surface area (Å²) in [5, 5.41) is 6.05. The molecule has 0 atom stereocenters. The van der Waals surface area contributed by atoms with Gasteiger partial charge in [0.15, 0.2) is 0 Å². The summed E-state index contributed by atoms with van der Waals surface area (Å²) in [6.07, 6.45) is 6.12. The van der Waals surface area contributed by atoms with E-state index in [0.717, 1.165) is 51.6 Å². The van der Waals surface area contributed by atoms with Crippen LogP contribution in [0.4, 0.5) is 0 Å². The van der Waals surface area contributed by atoms with Crippen molar-refractivity contribution >= 4 is 11.7 Å². The van der Waals surface area contributed by atoms with Crippen LogP contribution in [0.25, 0.3) is 0 Å². The molecule has 0 saturated heterocycles. The van der Waals surface area contributed by atoms with Crippen molar-refractivity contribution in [1.29, 1.82) is 0 Å². The fourth-order valence-electron chi connectivity index (χ4n) is 2.01. The van der Waals surface area contributed by atoms with Gasteiger partial charge in [0.2, 0.25) is 5.91 Å². The molecule has 1 amide bonds. The summed E-state index contributed by atoms with van der Waals surface area (Å²) in [5.74, 6) is 1.19. The molecule has 0 fully saturated rings. The number of hydrogen-bond donors (Lipinski definition) is 2. The molecule has 0 spiro atoms. The van der Waals surface area contributed by atoms with Crippen LogP contribution in [0.15, 0.2) is 0 Å². The number of Topliss-reactive ketones (excluding diaryl/α,β-unsaturated/α-hetero) is 1. The number of carbonyl (C=O) groups excluding carboxylic acids is 2. The Morgan fingerprint density at radius 3 is 2.14 bits per heavy atom. The van der Waals surface area contributed by atoms with E-state index in [1.54, 1.807) is 0 Å². The van der Waals surface area contributed by atoms with Crippen LogP contribution >= 0.6 is 0 Å². The van der Waals surface area contributed by atoms with Crippen LogP contribution in [0.5, 0.6) is 0 Å². The van der Waals surface area contributed by atoms with Crippen molar-refractivity contribution < 1.29 is 9.59 Å². The zero-order valence-corrected chi connectivity index (χ0v) is 14.3. The minimum Gasteiger partial charge on any atom is -0.355 e. The average molecular weight is 298 g/mol. The molecule has 124 valence electrons. The van der Waals surface area contributed by atoms with Crippen molar-refractivity contribution in [1.82, 2.24) is 10.6 Å². The minimum absolute atomic E-state index is 0.0816. The number of hydrogen-bond acceptors (Lipinski definition) is 3. The molecule has 0 aromatic rings. The Morgan fingerprint density at radius 1 is 0.905 bits per heavy atom. The Morgan fingerprint density at radius 2 is 1.52 bits per heavy atom. The summed E-state index contributed by atoms with van der Waals surface area (Å²) >= 11 is 0. The number of amides is 1. The predicted octanol–water partition coefficient (Wildman–Crippen LogP) is 2.91. The van der Waals surface area contributed by atoms with Gasteiger partial charge in [-0.15, -0.1) is 0 Å². The SMILES string of the molecule is CC(C)CNCC(=O)NCCCCCCCC(=O)C(C)C. The molecule has 0 aliphatic rings. The second kappa shape index (κ2) is 12.8. The van der Waals surface area contributed by atoms with E-state index in [2.05, 4.69) is 24.5 Å². The van der Waals surface area contributed by atoms with E-state index in [9.17, 15) is 9.59 Å². The maximum atomic E-state index is 11.5. The molecule has 0 aromatic heterocycles. The zero-order chi connectivity index (χ0) is 16.1. The zero-order valence-electron chi connectivity index (χ0n) is 14.3. The van der Waals surface area contributed by atoms with Crippen molar-refractivity contribution in [2.75, 3.05) is 19.6 Å². The van der Waals surface area contributed by atoms with Gasteiger partial charge in [0.25, 0.3) is 0 Å².